The van der Waals surface area contributed by atoms with Crippen LogP contribution in [0.25, 0.3) is 0 Å². The number of aromatic nitrogens is 2. The topological polar surface area (TPSA) is 76.0 Å². The van der Waals surface area contributed by atoms with Crippen LogP contribution < -0.4 is 10.0 Å². The summed E-state index contributed by atoms with van der Waals surface area (Å²) in [5.74, 6) is -0.0514. The van der Waals surface area contributed by atoms with E-state index in [0.717, 1.165) is 17.7 Å². The minimum atomic E-state index is -3.43. The summed E-state index contributed by atoms with van der Waals surface area (Å²) in [5, 5.41) is 7.09. The molecule has 2 aromatic rings. The average Bonchev–Trinajstić information content (AvgIpc) is 2.88. The molecular weight excluding hydrogens is 288 g/mol. The SMILES string of the molecule is CCn1cc(NS(=O)(=O)Cc2ccc(CNC)cc2)cn1. The first-order valence-corrected chi connectivity index (χ1v) is 8.43. The summed E-state index contributed by atoms with van der Waals surface area (Å²) >= 11 is 0. The second-order valence-electron chi connectivity index (χ2n) is 4.79. The fourth-order valence-corrected chi connectivity index (χ4v) is 3.15. The first kappa shape index (κ1) is 15.5. The molecular formula is C14H20N4O2S. The van der Waals surface area contributed by atoms with Gasteiger partial charge in [-0.15, -0.1) is 0 Å². The van der Waals surface area contributed by atoms with E-state index in [0.29, 0.717) is 12.2 Å². The van der Waals surface area contributed by atoms with Gasteiger partial charge in [-0.05, 0) is 25.1 Å². The third-order valence-corrected chi connectivity index (χ3v) is 4.25. The molecule has 0 aliphatic carbocycles. The lowest BCUT2D eigenvalue weighted by Crippen LogP contribution is -2.15. The number of nitrogens with one attached hydrogen (secondary N) is 2. The Morgan fingerprint density at radius 3 is 2.43 bits per heavy atom. The zero-order valence-electron chi connectivity index (χ0n) is 12.2. The van der Waals surface area contributed by atoms with Gasteiger partial charge < -0.3 is 5.32 Å². The van der Waals surface area contributed by atoms with Gasteiger partial charge >= 0.3 is 0 Å². The van der Waals surface area contributed by atoms with Crippen LogP contribution in [-0.2, 0) is 28.9 Å². The van der Waals surface area contributed by atoms with E-state index >= 15 is 0 Å². The fourth-order valence-electron chi connectivity index (χ4n) is 1.98. The highest BCUT2D eigenvalue weighted by atomic mass is 32.2. The summed E-state index contributed by atoms with van der Waals surface area (Å²) in [6.45, 7) is 3.41. The van der Waals surface area contributed by atoms with Crippen molar-refractivity contribution < 1.29 is 8.42 Å². The summed E-state index contributed by atoms with van der Waals surface area (Å²) in [6.07, 6.45) is 3.19. The minimum absolute atomic E-state index is 0.0514. The van der Waals surface area contributed by atoms with Gasteiger partial charge in [0.05, 0.1) is 17.6 Å². The Kier molecular flexibility index (Phi) is 4.98. The number of hydrogen-bond donors (Lipinski definition) is 2. The van der Waals surface area contributed by atoms with E-state index in [1.807, 2.05) is 38.2 Å². The zero-order valence-corrected chi connectivity index (χ0v) is 13.0. The van der Waals surface area contributed by atoms with Crippen molar-refractivity contribution in [1.82, 2.24) is 15.1 Å². The Bertz CT molecular complexity index is 677. The molecule has 7 heteroatoms. The molecule has 2 N–H and O–H groups in total. The minimum Gasteiger partial charge on any atom is -0.316 e. The Labute approximate surface area is 125 Å². The van der Waals surface area contributed by atoms with Crippen LogP contribution in [0.3, 0.4) is 0 Å². The van der Waals surface area contributed by atoms with Gasteiger partial charge in [-0.25, -0.2) is 8.42 Å². The molecule has 0 atom stereocenters. The van der Waals surface area contributed by atoms with Crippen LogP contribution in [0.2, 0.25) is 0 Å². The quantitative estimate of drug-likeness (QED) is 0.814. The van der Waals surface area contributed by atoms with Crippen molar-refractivity contribution in [2.75, 3.05) is 11.8 Å². The first-order chi connectivity index (χ1) is 10.0. The molecule has 0 aliphatic heterocycles. The standard InChI is InChI=1S/C14H20N4O2S/c1-3-18-10-14(9-16-18)17-21(19,20)11-13-6-4-12(5-7-13)8-15-2/h4-7,9-10,15,17H,3,8,11H2,1-2H3. The molecule has 2 rings (SSSR count). The van der Waals surface area contributed by atoms with Gasteiger partial charge in [-0.1, -0.05) is 24.3 Å². The van der Waals surface area contributed by atoms with Crippen LogP contribution in [0, 0.1) is 0 Å². The summed E-state index contributed by atoms with van der Waals surface area (Å²) in [7, 11) is -1.55. The predicted octanol–water partition coefficient (Wildman–Crippen LogP) is 1.56. The first-order valence-electron chi connectivity index (χ1n) is 6.78. The highest BCUT2D eigenvalue weighted by Crippen LogP contribution is 2.13. The van der Waals surface area contributed by atoms with Crippen molar-refractivity contribution in [3.63, 3.8) is 0 Å². The van der Waals surface area contributed by atoms with Crippen LogP contribution in [-0.4, -0.2) is 25.2 Å². The summed E-state index contributed by atoms with van der Waals surface area (Å²) in [5.41, 5.74) is 2.37. The van der Waals surface area contributed by atoms with E-state index in [4.69, 9.17) is 0 Å². The van der Waals surface area contributed by atoms with Gasteiger partial charge in [0.25, 0.3) is 0 Å². The Hall–Kier alpha value is -1.86. The number of aryl methyl sites for hydroxylation is 1. The van der Waals surface area contributed by atoms with Gasteiger partial charge in [0.15, 0.2) is 0 Å². The van der Waals surface area contributed by atoms with E-state index in [2.05, 4.69) is 15.1 Å². The Morgan fingerprint density at radius 1 is 1.19 bits per heavy atom. The molecule has 0 aliphatic rings. The molecule has 1 aromatic heterocycles. The molecule has 0 spiro atoms. The van der Waals surface area contributed by atoms with Crippen LogP contribution in [0.15, 0.2) is 36.7 Å². The second kappa shape index (κ2) is 6.73. The Balaban J connectivity index is 2.02. The second-order valence-corrected chi connectivity index (χ2v) is 6.51. The molecule has 0 radical (unpaired) electrons. The number of hydrogen-bond acceptors (Lipinski definition) is 4. The lowest BCUT2D eigenvalue weighted by Gasteiger charge is -2.07. The van der Waals surface area contributed by atoms with Crippen molar-refractivity contribution in [1.29, 1.82) is 0 Å². The lowest BCUT2D eigenvalue weighted by molar-refractivity contribution is 0.600. The summed E-state index contributed by atoms with van der Waals surface area (Å²) in [4.78, 5) is 0. The van der Waals surface area contributed by atoms with E-state index in [-0.39, 0.29) is 5.75 Å². The highest BCUT2D eigenvalue weighted by molar-refractivity contribution is 7.91. The largest absolute Gasteiger partial charge is 0.316 e. The molecule has 0 fully saturated rings. The van der Waals surface area contributed by atoms with E-state index in [1.54, 1.807) is 10.9 Å². The molecule has 21 heavy (non-hydrogen) atoms. The van der Waals surface area contributed by atoms with Crippen LogP contribution in [0.5, 0.6) is 0 Å². The number of anilines is 1. The van der Waals surface area contributed by atoms with Gasteiger partial charge in [0, 0.05) is 19.3 Å². The predicted molar refractivity (Wildman–Crippen MR) is 83.4 cm³/mol. The maximum atomic E-state index is 12.1. The normalized spacial score (nSPS) is 11.5. The maximum Gasteiger partial charge on any atom is 0.237 e. The number of rotatable bonds is 7. The molecule has 0 amide bonds. The monoisotopic (exact) mass is 308 g/mol. The summed E-state index contributed by atoms with van der Waals surface area (Å²) < 4.78 is 28.4. The van der Waals surface area contributed by atoms with Crippen LogP contribution in [0.1, 0.15) is 18.1 Å². The Morgan fingerprint density at radius 2 is 1.86 bits per heavy atom. The molecule has 1 heterocycles. The van der Waals surface area contributed by atoms with Gasteiger partial charge in [-0.3, -0.25) is 9.40 Å². The van der Waals surface area contributed by atoms with Crippen molar-refractivity contribution in [3.8, 4) is 0 Å². The number of benzene rings is 1. The van der Waals surface area contributed by atoms with Crippen molar-refractivity contribution in [3.05, 3.63) is 47.8 Å². The summed E-state index contributed by atoms with van der Waals surface area (Å²) in [6, 6.07) is 7.52. The molecule has 0 unspecified atom stereocenters. The zero-order chi connectivity index (χ0) is 15.3. The van der Waals surface area contributed by atoms with Crippen molar-refractivity contribution >= 4 is 15.7 Å². The third kappa shape index (κ3) is 4.57. The van der Waals surface area contributed by atoms with E-state index < -0.39 is 10.0 Å². The van der Waals surface area contributed by atoms with Gasteiger partial charge in [0.2, 0.25) is 10.0 Å². The van der Waals surface area contributed by atoms with Crippen molar-refractivity contribution in [2.45, 2.75) is 25.8 Å². The molecule has 114 valence electrons. The molecule has 1 aromatic carbocycles. The average molecular weight is 308 g/mol. The fraction of sp³-hybridized carbons (Fsp3) is 0.357. The molecule has 0 saturated carbocycles. The van der Waals surface area contributed by atoms with Crippen LogP contribution >= 0.6 is 0 Å². The van der Waals surface area contributed by atoms with E-state index in [1.165, 1.54) is 6.20 Å². The maximum absolute atomic E-state index is 12.1. The molecule has 0 saturated heterocycles. The molecule has 6 nitrogen and oxygen atoms in total. The smallest absolute Gasteiger partial charge is 0.237 e. The lowest BCUT2D eigenvalue weighted by atomic mass is 10.1. The number of nitrogens with zero attached hydrogens (tertiary/aromatic N) is 2. The van der Waals surface area contributed by atoms with Gasteiger partial charge in [-0.2, -0.15) is 5.10 Å². The number of sulfonamides is 1. The third-order valence-electron chi connectivity index (χ3n) is 2.99. The van der Waals surface area contributed by atoms with Crippen LogP contribution in [0.4, 0.5) is 5.69 Å². The van der Waals surface area contributed by atoms with Gasteiger partial charge in [0.1, 0.15) is 0 Å². The van der Waals surface area contributed by atoms with Crippen molar-refractivity contribution in [2.24, 2.45) is 0 Å². The molecule has 0 bridgehead atoms. The van der Waals surface area contributed by atoms with E-state index in [9.17, 15) is 8.42 Å². The highest BCUT2D eigenvalue weighted by Gasteiger charge is 2.12.